The lowest BCUT2D eigenvalue weighted by molar-refractivity contribution is -0.120. The third kappa shape index (κ3) is 5.26. The van der Waals surface area contributed by atoms with Crippen molar-refractivity contribution in [2.24, 2.45) is 0 Å². The maximum Gasteiger partial charge on any atom is 0.264 e. The van der Waals surface area contributed by atoms with Crippen LogP contribution in [0.3, 0.4) is 0 Å². The molecule has 3 aromatic carbocycles. The van der Waals surface area contributed by atoms with E-state index in [-0.39, 0.29) is 16.6 Å². The highest BCUT2D eigenvalue weighted by atomic mass is 32.2. The van der Waals surface area contributed by atoms with E-state index in [2.05, 4.69) is 5.32 Å². The summed E-state index contributed by atoms with van der Waals surface area (Å²) in [6, 6.07) is 18.4. The van der Waals surface area contributed by atoms with Gasteiger partial charge in [-0.15, -0.1) is 0 Å². The second-order valence-electron chi connectivity index (χ2n) is 8.44. The number of carbonyl (C=O) groups is 1. The van der Waals surface area contributed by atoms with Crippen LogP contribution >= 0.6 is 0 Å². The molecule has 36 heavy (non-hydrogen) atoms. The van der Waals surface area contributed by atoms with Crippen molar-refractivity contribution in [3.63, 3.8) is 0 Å². The Morgan fingerprint density at radius 1 is 0.944 bits per heavy atom. The van der Waals surface area contributed by atoms with Gasteiger partial charge >= 0.3 is 0 Å². The van der Waals surface area contributed by atoms with E-state index in [9.17, 15) is 13.2 Å². The summed E-state index contributed by atoms with van der Waals surface area (Å²) in [4.78, 5) is 13.4. The molecule has 0 radical (unpaired) electrons. The van der Waals surface area contributed by atoms with E-state index in [1.165, 1.54) is 26.4 Å². The molecular weight excluding hydrogens is 480 g/mol. The summed E-state index contributed by atoms with van der Waals surface area (Å²) >= 11 is 0. The monoisotopic (exact) mass is 510 g/mol. The number of aryl methyl sites for hydroxylation is 1. The quantitative estimate of drug-likeness (QED) is 0.466. The molecule has 0 fully saturated rings. The molecule has 0 aliphatic heterocycles. The SMILES string of the molecule is COc1ccc2c(c1)CCCC2NC(=O)CN(c1cc(OC)ccc1OC)S(=O)(=O)c1ccccc1. The number of methoxy groups -OCH3 is 3. The molecule has 0 heterocycles. The lowest BCUT2D eigenvalue weighted by Crippen LogP contribution is -2.42. The lowest BCUT2D eigenvalue weighted by Gasteiger charge is -2.29. The van der Waals surface area contributed by atoms with Crippen molar-refractivity contribution in [1.82, 2.24) is 5.32 Å². The number of fused-ring (bicyclic) bond motifs is 1. The summed E-state index contributed by atoms with van der Waals surface area (Å²) < 4.78 is 44.6. The number of sulfonamides is 1. The first kappa shape index (κ1) is 25.4. The number of hydrogen-bond donors (Lipinski definition) is 1. The van der Waals surface area contributed by atoms with Crippen LogP contribution in [0, 0.1) is 0 Å². The molecule has 0 bridgehead atoms. The van der Waals surface area contributed by atoms with Gasteiger partial charge in [0.2, 0.25) is 5.91 Å². The van der Waals surface area contributed by atoms with E-state index in [0.29, 0.717) is 11.5 Å². The predicted molar refractivity (Wildman–Crippen MR) is 137 cm³/mol. The van der Waals surface area contributed by atoms with E-state index in [0.717, 1.165) is 40.4 Å². The van der Waals surface area contributed by atoms with Crippen molar-refractivity contribution in [2.75, 3.05) is 32.2 Å². The van der Waals surface area contributed by atoms with Crippen LogP contribution in [-0.2, 0) is 21.2 Å². The number of hydrogen-bond acceptors (Lipinski definition) is 6. The van der Waals surface area contributed by atoms with Gasteiger partial charge in [0.25, 0.3) is 10.0 Å². The molecule has 8 nitrogen and oxygen atoms in total. The summed E-state index contributed by atoms with van der Waals surface area (Å²) in [7, 11) is 0.467. The Hall–Kier alpha value is -3.72. The smallest absolute Gasteiger partial charge is 0.264 e. The standard InChI is InChI=1S/C27H30N2O6S/c1-33-20-12-14-23-19(16-20)8-7-11-24(23)28-27(30)18-29(36(31,32)22-9-5-4-6-10-22)25-17-21(34-2)13-15-26(25)35-3/h4-6,9-10,12-17,24H,7-8,11,18H2,1-3H3,(H,28,30). The van der Waals surface area contributed by atoms with Crippen LogP contribution in [0.4, 0.5) is 5.69 Å². The molecule has 1 aliphatic carbocycles. The number of carbonyl (C=O) groups excluding carboxylic acids is 1. The predicted octanol–water partition coefficient (Wildman–Crippen LogP) is 4.10. The molecule has 9 heteroatoms. The molecule has 190 valence electrons. The average Bonchev–Trinajstić information content (AvgIpc) is 2.91. The van der Waals surface area contributed by atoms with Crippen LogP contribution in [0.1, 0.15) is 30.0 Å². The number of ether oxygens (including phenoxy) is 3. The second kappa shape index (κ2) is 10.9. The minimum Gasteiger partial charge on any atom is -0.497 e. The molecule has 1 N–H and O–H groups in total. The molecule has 3 aromatic rings. The van der Waals surface area contributed by atoms with Crippen molar-refractivity contribution >= 4 is 21.6 Å². The van der Waals surface area contributed by atoms with Gasteiger partial charge in [-0.25, -0.2) is 8.42 Å². The molecule has 1 aliphatic rings. The van der Waals surface area contributed by atoms with Gasteiger partial charge in [0.1, 0.15) is 23.8 Å². The first-order valence-corrected chi connectivity index (χ1v) is 13.1. The molecule has 4 rings (SSSR count). The fraction of sp³-hybridized carbons (Fsp3) is 0.296. The highest BCUT2D eigenvalue weighted by Gasteiger charge is 2.31. The maximum atomic E-state index is 13.7. The van der Waals surface area contributed by atoms with Gasteiger partial charge in [-0.2, -0.15) is 0 Å². The van der Waals surface area contributed by atoms with Crippen molar-refractivity contribution in [2.45, 2.75) is 30.2 Å². The van der Waals surface area contributed by atoms with Gasteiger partial charge < -0.3 is 19.5 Å². The van der Waals surface area contributed by atoms with Crippen LogP contribution < -0.4 is 23.8 Å². The number of anilines is 1. The molecule has 1 atom stereocenters. The topological polar surface area (TPSA) is 94.2 Å². The largest absolute Gasteiger partial charge is 0.497 e. The fourth-order valence-corrected chi connectivity index (χ4v) is 5.89. The number of amides is 1. The summed E-state index contributed by atoms with van der Waals surface area (Å²) in [5.41, 5.74) is 2.35. The maximum absolute atomic E-state index is 13.7. The highest BCUT2D eigenvalue weighted by Crippen LogP contribution is 2.36. The van der Waals surface area contributed by atoms with Crippen LogP contribution in [0.15, 0.2) is 71.6 Å². The molecular formula is C27H30N2O6S. The zero-order valence-electron chi connectivity index (χ0n) is 20.6. The molecule has 1 amide bonds. The third-order valence-corrected chi connectivity index (χ3v) is 8.05. The van der Waals surface area contributed by atoms with Gasteiger partial charge in [-0.1, -0.05) is 24.3 Å². The molecule has 0 spiro atoms. The van der Waals surface area contributed by atoms with Crippen LogP contribution in [0.5, 0.6) is 17.2 Å². The minimum atomic E-state index is -4.10. The molecule has 0 aromatic heterocycles. The Kier molecular flexibility index (Phi) is 7.69. The number of rotatable bonds is 9. The average molecular weight is 511 g/mol. The van der Waals surface area contributed by atoms with E-state index >= 15 is 0 Å². The van der Waals surface area contributed by atoms with Crippen molar-refractivity contribution in [3.05, 3.63) is 77.9 Å². The number of nitrogens with one attached hydrogen (secondary N) is 1. The Morgan fingerprint density at radius 2 is 1.64 bits per heavy atom. The summed E-state index contributed by atoms with van der Waals surface area (Å²) in [6.07, 6.45) is 2.56. The van der Waals surface area contributed by atoms with Crippen LogP contribution in [-0.4, -0.2) is 42.2 Å². The number of benzene rings is 3. The third-order valence-electron chi connectivity index (χ3n) is 6.27. The Balaban J connectivity index is 1.68. The lowest BCUT2D eigenvalue weighted by atomic mass is 9.87. The van der Waals surface area contributed by atoms with Crippen molar-refractivity contribution < 1.29 is 27.4 Å². The first-order valence-electron chi connectivity index (χ1n) is 11.6. The van der Waals surface area contributed by atoms with Gasteiger partial charge in [0.15, 0.2) is 0 Å². The Morgan fingerprint density at radius 3 is 2.33 bits per heavy atom. The van der Waals surface area contributed by atoms with E-state index < -0.39 is 22.5 Å². The van der Waals surface area contributed by atoms with Gasteiger partial charge in [-0.3, -0.25) is 9.10 Å². The summed E-state index contributed by atoms with van der Waals surface area (Å²) in [5.74, 6) is 1.09. The van der Waals surface area contributed by atoms with Crippen molar-refractivity contribution in [3.8, 4) is 17.2 Å². The molecule has 0 saturated carbocycles. The van der Waals surface area contributed by atoms with Gasteiger partial charge in [0.05, 0.1) is 38.0 Å². The zero-order valence-corrected chi connectivity index (χ0v) is 21.4. The van der Waals surface area contributed by atoms with Gasteiger partial charge in [-0.05, 0) is 66.8 Å². The molecule has 1 unspecified atom stereocenters. The van der Waals surface area contributed by atoms with E-state index in [1.54, 1.807) is 43.5 Å². The first-order chi connectivity index (χ1) is 17.4. The zero-order chi connectivity index (χ0) is 25.7. The highest BCUT2D eigenvalue weighted by molar-refractivity contribution is 7.92. The number of nitrogens with zero attached hydrogens (tertiary/aromatic N) is 1. The van der Waals surface area contributed by atoms with E-state index in [1.807, 2.05) is 18.2 Å². The second-order valence-corrected chi connectivity index (χ2v) is 10.3. The van der Waals surface area contributed by atoms with Gasteiger partial charge in [0, 0.05) is 6.07 Å². The summed E-state index contributed by atoms with van der Waals surface area (Å²) in [6.45, 7) is -0.428. The fourth-order valence-electron chi connectivity index (χ4n) is 4.45. The van der Waals surface area contributed by atoms with Crippen LogP contribution in [0.2, 0.25) is 0 Å². The Labute approximate surface area is 211 Å². The van der Waals surface area contributed by atoms with Crippen molar-refractivity contribution in [1.29, 1.82) is 0 Å². The summed E-state index contributed by atoms with van der Waals surface area (Å²) in [5, 5.41) is 3.04. The minimum absolute atomic E-state index is 0.0674. The normalized spacial score (nSPS) is 14.9. The molecule has 0 saturated heterocycles. The van der Waals surface area contributed by atoms with E-state index in [4.69, 9.17) is 14.2 Å². The van der Waals surface area contributed by atoms with Crippen LogP contribution in [0.25, 0.3) is 0 Å². The Bertz CT molecular complexity index is 1330.